The highest BCUT2D eigenvalue weighted by atomic mass is 16.6. The molecule has 3 unspecified atom stereocenters. The minimum absolute atomic E-state index is 0.00494. The molecule has 32 heavy (non-hydrogen) atoms. The Balaban J connectivity index is 3.23. The van der Waals surface area contributed by atoms with Crippen LogP contribution in [0.15, 0.2) is 24.3 Å². The van der Waals surface area contributed by atoms with Crippen LogP contribution in [0.5, 0.6) is 5.75 Å². The third-order valence-electron chi connectivity index (χ3n) is 4.96. The lowest BCUT2D eigenvalue weighted by molar-refractivity contribution is -0.143. The summed E-state index contributed by atoms with van der Waals surface area (Å²) in [5.41, 5.74) is -0.194. The monoisotopic (exact) mass is 449 g/mol. The van der Waals surface area contributed by atoms with Crippen LogP contribution < -0.4 is 10.6 Å². The SMILES string of the molecule is CCCC(C)NC(=O)C(c1cccc(O)c1)N(C(=O)CNC(=O)OC(C)(C)C)C(C)CC. The van der Waals surface area contributed by atoms with Gasteiger partial charge in [-0.05, 0) is 65.2 Å². The summed E-state index contributed by atoms with van der Waals surface area (Å²) in [7, 11) is 0. The molecule has 1 aromatic carbocycles. The zero-order valence-corrected chi connectivity index (χ0v) is 20.4. The summed E-state index contributed by atoms with van der Waals surface area (Å²) >= 11 is 0. The number of hydrogen-bond acceptors (Lipinski definition) is 5. The number of phenols is 1. The Hall–Kier alpha value is -2.77. The van der Waals surface area contributed by atoms with E-state index in [1.165, 1.54) is 17.0 Å². The second-order valence-electron chi connectivity index (χ2n) is 9.11. The molecule has 0 aliphatic rings. The summed E-state index contributed by atoms with van der Waals surface area (Å²) in [6, 6.07) is 5.03. The molecule has 0 aliphatic heterocycles. The molecule has 3 atom stereocenters. The lowest BCUT2D eigenvalue weighted by Crippen LogP contribution is -2.52. The van der Waals surface area contributed by atoms with Gasteiger partial charge in [0, 0.05) is 12.1 Å². The molecule has 3 N–H and O–H groups in total. The molecule has 0 spiro atoms. The molecule has 0 bridgehead atoms. The van der Waals surface area contributed by atoms with Gasteiger partial charge < -0.3 is 25.4 Å². The number of benzene rings is 1. The maximum atomic E-state index is 13.3. The van der Waals surface area contributed by atoms with Crippen LogP contribution in [0.25, 0.3) is 0 Å². The summed E-state index contributed by atoms with van der Waals surface area (Å²) in [5, 5.41) is 15.5. The number of nitrogens with one attached hydrogen (secondary N) is 2. The number of rotatable bonds is 10. The van der Waals surface area contributed by atoms with Gasteiger partial charge in [0.1, 0.15) is 23.9 Å². The van der Waals surface area contributed by atoms with Gasteiger partial charge in [-0.2, -0.15) is 0 Å². The molecule has 180 valence electrons. The summed E-state index contributed by atoms with van der Waals surface area (Å²) in [5.74, 6) is -0.746. The number of phenolic OH excluding ortho intramolecular Hbond substituents is 1. The fourth-order valence-corrected chi connectivity index (χ4v) is 3.35. The van der Waals surface area contributed by atoms with E-state index < -0.39 is 23.6 Å². The third kappa shape index (κ3) is 8.77. The van der Waals surface area contributed by atoms with Crippen LogP contribution >= 0.6 is 0 Å². The molecule has 0 aliphatic carbocycles. The van der Waals surface area contributed by atoms with E-state index in [9.17, 15) is 19.5 Å². The van der Waals surface area contributed by atoms with Gasteiger partial charge in [0.05, 0.1) is 0 Å². The molecule has 3 amide bonds. The van der Waals surface area contributed by atoms with E-state index >= 15 is 0 Å². The first kappa shape index (κ1) is 27.3. The van der Waals surface area contributed by atoms with Crippen molar-refractivity contribution in [1.29, 1.82) is 0 Å². The summed E-state index contributed by atoms with van der Waals surface area (Å²) in [4.78, 5) is 40.1. The number of carbonyl (C=O) groups is 3. The molecule has 0 fully saturated rings. The van der Waals surface area contributed by atoms with Crippen LogP contribution in [0.4, 0.5) is 4.79 Å². The van der Waals surface area contributed by atoms with Gasteiger partial charge >= 0.3 is 6.09 Å². The van der Waals surface area contributed by atoms with Crippen molar-refractivity contribution in [2.75, 3.05) is 6.54 Å². The number of alkyl carbamates (subject to hydrolysis) is 1. The van der Waals surface area contributed by atoms with Gasteiger partial charge in [0.2, 0.25) is 11.8 Å². The zero-order chi connectivity index (χ0) is 24.5. The van der Waals surface area contributed by atoms with Crippen LogP contribution in [0.1, 0.15) is 79.3 Å². The number of aromatic hydroxyl groups is 1. The molecule has 0 saturated heterocycles. The van der Waals surface area contributed by atoms with Crippen molar-refractivity contribution in [2.45, 2.75) is 91.5 Å². The first-order chi connectivity index (χ1) is 14.9. The lowest BCUT2D eigenvalue weighted by atomic mass is 10.00. The molecule has 1 rings (SSSR count). The number of ether oxygens (including phenoxy) is 1. The van der Waals surface area contributed by atoms with E-state index in [0.717, 1.165) is 12.8 Å². The van der Waals surface area contributed by atoms with Crippen molar-refractivity contribution >= 4 is 17.9 Å². The van der Waals surface area contributed by atoms with Crippen LogP contribution in [0, 0.1) is 0 Å². The van der Waals surface area contributed by atoms with Crippen LogP contribution in [-0.4, -0.2) is 52.1 Å². The third-order valence-corrected chi connectivity index (χ3v) is 4.96. The van der Waals surface area contributed by atoms with E-state index in [4.69, 9.17) is 4.74 Å². The highest BCUT2D eigenvalue weighted by Crippen LogP contribution is 2.27. The average Bonchev–Trinajstić information content (AvgIpc) is 2.68. The maximum absolute atomic E-state index is 13.3. The van der Waals surface area contributed by atoms with Gasteiger partial charge in [-0.1, -0.05) is 32.4 Å². The Morgan fingerprint density at radius 1 is 1.16 bits per heavy atom. The fraction of sp³-hybridized carbons (Fsp3) is 0.625. The lowest BCUT2D eigenvalue weighted by Gasteiger charge is -2.36. The predicted octanol–water partition coefficient (Wildman–Crippen LogP) is 3.89. The van der Waals surface area contributed by atoms with Gasteiger partial charge in [-0.15, -0.1) is 0 Å². The van der Waals surface area contributed by atoms with E-state index in [2.05, 4.69) is 10.6 Å². The summed E-state index contributed by atoms with van der Waals surface area (Å²) < 4.78 is 5.21. The number of amides is 3. The van der Waals surface area contributed by atoms with Crippen molar-refractivity contribution in [1.82, 2.24) is 15.5 Å². The fourth-order valence-electron chi connectivity index (χ4n) is 3.35. The Morgan fingerprint density at radius 3 is 2.34 bits per heavy atom. The highest BCUT2D eigenvalue weighted by molar-refractivity contribution is 5.90. The highest BCUT2D eigenvalue weighted by Gasteiger charge is 2.35. The zero-order valence-electron chi connectivity index (χ0n) is 20.4. The minimum Gasteiger partial charge on any atom is -0.508 e. The topological polar surface area (TPSA) is 108 Å². The quantitative estimate of drug-likeness (QED) is 0.502. The molecule has 0 radical (unpaired) electrons. The van der Waals surface area contributed by atoms with Crippen molar-refractivity contribution in [3.8, 4) is 5.75 Å². The molecule has 1 aromatic rings. The van der Waals surface area contributed by atoms with Gasteiger partial charge in [-0.25, -0.2) is 4.79 Å². The first-order valence-electron chi connectivity index (χ1n) is 11.3. The standard InChI is InChI=1S/C24H39N3O5/c1-8-11-16(3)26-22(30)21(18-12-10-13-19(28)14-18)27(17(4)9-2)20(29)15-25-23(31)32-24(5,6)7/h10,12-14,16-17,21,28H,8-9,11,15H2,1-7H3,(H,25,31)(H,26,30). The average molecular weight is 450 g/mol. The molecule has 8 nitrogen and oxygen atoms in total. The van der Waals surface area contributed by atoms with Gasteiger partial charge in [0.25, 0.3) is 0 Å². The number of carbonyl (C=O) groups excluding carboxylic acids is 3. The van der Waals surface area contributed by atoms with E-state index in [1.807, 2.05) is 27.7 Å². The second kappa shape index (κ2) is 12.3. The largest absolute Gasteiger partial charge is 0.508 e. The van der Waals surface area contributed by atoms with Crippen molar-refractivity contribution in [2.24, 2.45) is 0 Å². The van der Waals surface area contributed by atoms with E-state index in [0.29, 0.717) is 12.0 Å². The van der Waals surface area contributed by atoms with Gasteiger partial charge in [-0.3, -0.25) is 9.59 Å². The Morgan fingerprint density at radius 2 is 1.81 bits per heavy atom. The molecule has 0 heterocycles. The minimum atomic E-state index is -0.954. The summed E-state index contributed by atoms with van der Waals surface area (Å²) in [6.07, 6.45) is 1.61. The first-order valence-corrected chi connectivity index (χ1v) is 11.3. The smallest absolute Gasteiger partial charge is 0.408 e. The van der Waals surface area contributed by atoms with Crippen LogP contribution in [0.3, 0.4) is 0 Å². The van der Waals surface area contributed by atoms with Crippen molar-refractivity contribution in [3.05, 3.63) is 29.8 Å². The Labute approximate surface area is 191 Å². The van der Waals surface area contributed by atoms with Crippen LogP contribution in [-0.2, 0) is 14.3 Å². The van der Waals surface area contributed by atoms with Crippen molar-refractivity contribution in [3.63, 3.8) is 0 Å². The molecule has 8 heteroatoms. The Bertz CT molecular complexity index is 775. The van der Waals surface area contributed by atoms with Gasteiger partial charge in [0.15, 0.2) is 0 Å². The maximum Gasteiger partial charge on any atom is 0.408 e. The predicted molar refractivity (Wildman–Crippen MR) is 124 cm³/mol. The van der Waals surface area contributed by atoms with Crippen LogP contribution in [0.2, 0.25) is 0 Å². The van der Waals surface area contributed by atoms with E-state index in [1.54, 1.807) is 32.9 Å². The molecule has 0 aromatic heterocycles. The molecular formula is C24H39N3O5. The number of nitrogens with zero attached hydrogens (tertiary/aromatic N) is 1. The normalized spacial score (nSPS) is 14.1. The Kier molecular flexibility index (Phi) is 10.5. The summed E-state index contributed by atoms with van der Waals surface area (Å²) in [6.45, 7) is 12.6. The van der Waals surface area contributed by atoms with Crippen molar-refractivity contribution < 1.29 is 24.2 Å². The van der Waals surface area contributed by atoms with E-state index in [-0.39, 0.29) is 30.3 Å². The second-order valence-corrected chi connectivity index (χ2v) is 9.11. The molecular weight excluding hydrogens is 410 g/mol. The number of hydrogen-bond donors (Lipinski definition) is 3. The molecule has 0 saturated carbocycles.